The summed E-state index contributed by atoms with van der Waals surface area (Å²) in [7, 11) is 1.60. The van der Waals surface area contributed by atoms with E-state index in [0.717, 1.165) is 11.1 Å². The quantitative estimate of drug-likeness (QED) is 0.905. The highest BCUT2D eigenvalue weighted by molar-refractivity contribution is 5.43. The number of ether oxygens (including phenoxy) is 2. The minimum atomic E-state index is 0.375. The van der Waals surface area contributed by atoms with Crippen molar-refractivity contribution in [2.45, 2.75) is 13.2 Å². The fourth-order valence-corrected chi connectivity index (χ4v) is 1.85. The number of nitrogens with two attached hydrogens (primary N) is 1. The third-order valence-electron chi connectivity index (χ3n) is 2.91. The van der Waals surface area contributed by atoms with Crippen LogP contribution in [0.25, 0.3) is 0 Å². The second-order valence-electron chi connectivity index (χ2n) is 4.29. The van der Waals surface area contributed by atoms with E-state index in [-0.39, 0.29) is 0 Å². The monoisotopic (exact) mass is 268 g/mol. The maximum absolute atomic E-state index is 8.87. The topological polar surface area (TPSA) is 68.3 Å². The van der Waals surface area contributed by atoms with Crippen LogP contribution in [0.1, 0.15) is 16.7 Å². The van der Waals surface area contributed by atoms with Gasteiger partial charge >= 0.3 is 0 Å². The molecule has 0 saturated heterocycles. The van der Waals surface area contributed by atoms with Gasteiger partial charge in [0.2, 0.25) is 0 Å². The number of methoxy groups -OCH3 is 1. The Morgan fingerprint density at radius 1 is 1.10 bits per heavy atom. The lowest BCUT2D eigenvalue weighted by Crippen LogP contribution is -2.01. The summed E-state index contributed by atoms with van der Waals surface area (Å²) < 4.78 is 11.0. The van der Waals surface area contributed by atoms with Crippen LogP contribution in [0, 0.1) is 11.3 Å². The zero-order valence-corrected chi connectivity index (χ0v) is 11.3. The maximum atomic E-state index is 8.87. The van der Waals surface area contributed by atoms with Crippen molar-refractivity contribution in [3.05, 3.63) is 59.2 Å². The van der Waals surface area contributed by atoms with Crippen LogP contribution < -0.4 is 15.2 Å². The van der Waals surface area contributed by atoms with E-state index >= 15 is 0 Å². The predicted molar refractivity (Wildman–Crippen MR) is 76.4 cm³/mol. The van der Waals surface area contributed by atoms with Crippen LogP contribution >= 0.6 is 0 Å². The molecule has 0 bridgehead atoms. The summed E-state index contributed by atoms with van der Waals surface area (Å²) >= 11 is 0. The fraction of sp³-hybridized carbons (Fsp3) is 0.188. The third kappa shape index (κ3) is 3.28. The molecule has 0 aliphatic heterocycles. The molecule has 0 unspecified atom stereocenters. The van der Waals surface area contributed by atoms with Gasteiger partial charge in [-0.3, -0.25) is 0 Å². The average Bonchev–Trinajstić information content (AvgIpc) is 2.52. The van der Waals surface area contributed by atoms with Gasteiger partial charge in [0.05, 0.1) is 18.7 Å². The molecule has 0 saturated carbocycles. The summed E-state index contributed by atoms with van der Waals surface area (Å²) in [4.78, 5) is 0. The first-order valence-corrected chi connectivity index (χ1v) is 6.25. The van der Waals surface area contributed by atoms with Crippen molar-refractivity contribution < 1.29 is 9.47 Å². The first-order chi connectivity index (χ1) is 9.76. The summed E-state index contributed by atoms with van der Waals surface area (Å²) in [6.07, 6.45) is 0. The molecule has 20 heavy (non-hydrogen) atoms. The molecule has 102 valence electrons. The van der Waals surface area contributed by atoms with Gasteiger partial charge in [-0.1, -0.05) is 18.2 Å². The lowest BCUT2D eigenvalue weighted by molar-refractivity contribution is 0.284. The molecule has 4 heteroatoms. The first kappa shape index (κ1) is 13.9. The van der Waals surface area contributed by atoms with Gasteiger partial charge < -0.3 is 15.2 Å². The smallest absolute Gasteiger partial charge is 0.161 e. The molecule has 0 aliphatic carbocycles. The van der Waals surface area contributed by atoms with Crippen molar-refractivity contribution >= 4 is 0 Å². The Hall–Kier alpha value is -2.51. The molecular weight excluding hydrogens is 252 g/mol. The van der Waals surface area contributed by atoms with Gasteiger partial charge in [0, 0.05) is 6.54 Å². The standard InChI is InChI=1S/C16H16N2O2/c1-19-15-6-5-13(10-18)8-16(15)20-11-14-4-2-3-12(7-14)9-17/h2-8H,10-11,18H2,1H3. The fourth-order valence-electron chi connectivity index (χ4n) is 1.85. The Bertz CT molecular complexity index is 633. The second kappa shape index (κ2) is 6.60. The lowest BCUT2D eigenvalue weighted by Gasteiger charge is -2.12. The summed E-state index contributed by atoms with van der Waals surface area (Å²) in [5, 5.41) is 8.87. The molecule has 0 atom stereocenters. The van der Waals surface area contributed by atoms with Gasteiger partial charge in [0.15, 0.2) is 11.5 Å². The number of nitriles is 1. The molecular formula is C16H16N2O2. The molecule has 0 fully saturated rings. The molecule has 0 aliphatic rings. The van der Waals surface area contributed by atoms with Crippen molar-refractivity contribution in [1.29, 1.82) is 5.26 Å². The van der Waals surface area contributed by atoms with E-state index in [1.807, 2.05) is 30.3 Å². The lowest BCUT2D eigenvalue weighted by atomic mass is 10.1. The van der Waals surface area contributed by atoms with Gasteiger partial charge in [-0.2, -0.15) is 5.26 Å². The molecule has 0 spiro atoms. The Labute approximate surface area is 118 Å². The van der Waals surface area contributed by atoms with Crippen LogP contribution in [0.3, 0.4) is 0 Å². The molecule has 0 aromatic heterocycles. The Morgan fingerprint density at radius 2 is 1.95 bits per heavy atom. The minimum absolute atomic E-state index is 0.375. The van der Waals surface area contributed by atoms with Crippen molar-refractivity contribution in [1.82, 2.24) is 0 Å². The third-order valence-corrected chi connectivity index (χ3v) is 2.91. The van der Waals surface area contributed by atoms with Crippen LogP contribution in [-0.4, -0.2) is 7.11 Å². The zero-order valence-electron chi connectivity index (χ0n) is 11.3. The second-order valence-corrected chi connectivity index (χ2v) is 4.29. The molecule has 2 rings (SSSR count). The molecule has 0 radical (unpaired) electrons. The van der Waals surface area contributed by atoms with Gasteiger partial charge in [-0.25, -0.2) is 0 Å². The number of hydrogen-bond acceptors (Lipinski definition) is 4. The molecule has 2 aromatic rings. The number of rotatable bonds is 5. The summed E-state index contributed by atoms with van der Waals surface area (Å²) in [6, 6.07) is 15.0. The minimum Gasteiger partial charge on any atom is -0.493 e. The Kier molecular flexibility index (Phi) is 4.59. The SMILES string of the molecule is COc1ccc(CN)cc1OCc1cccc(C#N)c1. The van der Waals surface area contributed by atoms with E-state index in [2.05, 4.69) is 6.07 Å². The number of benzene rings is 2. The average molecular weight is 268 g/mol. The Balaban J connectivity index is 2.15. The van der Waals surface area contributed by atoms with Crippen LogP contribution in [0.5, 0.6) is 11.5 Å². The first-order valence-electron chi connectivity index (χ1n) is 6.25. The van der Waals surface area contributed by atoms with Crippen molar-refractivity contribution in [2.24, 2.45) is 5.73 Å². The molecule has 0 heterocycles. The van der Waals surface area contributed by atoms with Gasteiger partial charge in [-0.15, -0.1) is 0 Å². The van der Waals surface area contributed by atoms with E-state index in [1.54, 1.807) is 19.2 Å². The summed E-state index contributed by atoms with van der Waals surface area (Å²) in [5.74, 6) is 1.32. The van der Waals surface area contributed by atoms with Crippen molar-refractivity contribution in [2.75, 3.05) is 7.11 Å². The molecule has 0 amide bonds. The summed E-state index contributed by atoms with van der Waals surface area (Å²) in [5.41, 5.74) is 8.16. The van der Waals surface area contributed by atoms with Gasteiger partial charge in [0.1, 0.15) is 6.61 Å². The van der Waals surface area contributed by atoms with Crippen LogP contribution in [-0.2, 0) is 13.2 Å². The van der Waals surface area contributed by atoms with E-state index in [9.17, 15) is 0 Å². The predicted octanol–water partition coefficient (Wildman–Crippen LogP) is 2.60. The largest absolute Gasteiger partial charge is 0.493 e. The zero-order chi connectivity index (χ0) is 14.4. The highest BCUT2D eigenvalue weighted by Gasteiger charge is 2.06. The maximum Gasteiger partial charge on any atom is 0.161 e. The van der Waals surface area contributed by atoms with Gasteiger partial charge in [-0.05, 0) is 35.4 Å². The molecule has 2 aromatic carbocycles. The number of nitrogens with zero attached hydrogens (tertiary/aromatic N) is 1. The number of hydrogen-bond donors (Lipinski definition) is 1. The van der Waals surface area contributed by atoms with E-state index < -0.39 is 0 Å². The van der Waals surface area contributed by atoms with E-state index in [1.165, 1.54) is 0 Å². The van der Waals surface area contributed by atoms with Crippen molar-refractivity contribution in [3.8, 4) is 17.6 Å². The molecule has 2 N–H and O–H groups in total. The normalized spacial score (nSPS) is 9.85. The highest BCUT2D eigenvalue weighted by Crippen LogP contribution is 2.28. The van der Waals surface area contributed by atoms with Crippen molar-refractivity contribution in [3.63, 3.8) is 0 Å². The van der Waals surface area contributed by atoms with Crippen LogP contribution in [0.15, 0.2) is 42.5 Å². The van der Waals surface area contributed by atoms with Crippen LogP contribution in [0.2, 0.25) is 0 Å². The highest BCUT2D eigenvalue weighted by atomic mass is 16.5. The Morgan fingerprint density at radius 3 is 2.65 bits per heavy atom. The van der Waals surface area contributed by atoms with E-state index in [4.69, 9.17) is 20.5 Å². The van der Waals surface area contributed by atoms with Gasteiger partial charge in [0.25, 0.3) is 0 Å². The van der Waals surface area contributed by atoms with E-state index in [0.29, 0.717) is 30.2 Å². The molecule has 4 nitrogen and oxygen atoms in total. The summed E-state index contributed by atoms with van der Waals surface area (Å²) in [6.45, 7) is 0.824. The van der Waals surface area contributed by atoms with Crippen LogP contribution in [0.4, 0.5) is 0 Å².